The Morgan fingerprint density at radius 3 is 2.62 bits per heavy atom. The third kappa shape index (κ3) is 4.20. The van der Waals surface area contributed by atoms with Gasteiger partial charge in [-0.1, -0.05) is 5.16 Å². The molecule has 0 radical (unpaired) electrons. The highest BCUT2D eigenvalue weighted by Gasteiger charge is 2.33. The van der Waals surface area contributed by atoms with Gasteiger partial charge in [-0.05, 0) is 31.9 Å². The van der Waals surface area contributed by atoms with E-state index in [2.05, 4.69) is 15.5 Å². The number of nitrogens with zero attached hydrogens (tertiary/aromatic N) is 3. The highest BCUT2D eigenvalue weighted by molar-refractivity contribution is 7.89. The number of benzene rings is 1. The van der Waals surface area contributed by atoms with Crippen LogP contribution in [0.4, 0.5) is 0 Å². The fraction of sp³-hybridized carbons (Fsp3) is 0.500. The van der Waals surface area contributed by atoms with Crippen molar-refractivity contribution in [2.24, 2.45) is 5.92 Å². The Balaban J connectivity index is 1.35. The van der Waals surface area contributed by atoms with E-state index in [1.54, 1.807) is 13.0 Å². The van der Waals surface area contributed by atoms with Crippen LogP contribution in [0.2, 0.25) is 0 Å². The molecule has 10 nitrogen and oxygen atoms in total. The zero-order valence-corrected chi connectivity index (χ0v) is 16.8. The lowest BCUT2D eigenvalue weighted by atomic mass is 9.97. The van der Waals surface area contributed by atoms with Gasteiger partial charge >= 0.3 is 0 Å². The quantitative estimate of drug-likeness (QED) is 0.753. The highest BCUT2D eigenvalue weighted by Crippen LogP contribution is 2.34. The molecule has 4 rings (SSSR count). The first-order chi connectivity index (χ1) is 13.9. The summed E-state index contributed by atoms with van der Waals surface area (Å²) in [5.41, 5.74) is 0. The molecule has 2 aromatic rings. The van der Waals surface area contributed by atoms with Gasteiger partial charge in [0.2, 0.25) is 21.8 Å². The Bertz CT molecular complexity index is 998. The Morgan fingerprint density at radius 1 is 1.21 bits per heavy atom. The van der Waals surface area contributed by atoms with E-state index in [0.29, 0.717) is 49.3 Å². The smallest absolute Gasteiger partial charge is 0.246 e. The Morgan fingerprint density at radius 2 is 1.93 bits per heavy atom. The number of sulfonamides is 1. The van der Waals surface area contributed by atoms with Crippen LogP contribution in [0.3, 0.4) is 0 Å². The van der Waals surface area contributed by atoms with Crippen molar-refractivity contribution >= 4 is 15.9 Å². The summed E-state index contributed by atoms with van der Waals surface area (Å²) >= 11 is 0. The minimum atomic E-state index is -3.66. The summed E-state index contributed by atoms with van der Waals surface area (Å²) in [5, 5.41) is 6.44. The fourth-order valence-corrected chi connectivity index (χ4v) is 4.90. The molecule has 1 saturated heterocycles. The number of rotatable bonds is 5. The monoisotopic (exact) mass is 422 g/mol. The minimum absolute atomic E-state index is 0.141. The van der Waals surface area contributed by atoms with Crippen LogP contribution < -0.4 is 14.8 Å². The maximum Gasteiger partial charge on any atom is 0.246 e. The average Bonchev–Trinajstić information content (AvgIpc) is 3.17. The molecule has 2 aliphatic heterocycles. The molecule has 2 aliphatic rings. The molecule has 11 heteroatoms. The molecule has 0 saturated carbocycles. The number of amides is 1. The summed E-state index contributed by atoms with van der Waals surface area (Å²) in [6, 6.07) is 4.63. The second-order valence-corrected chi connectivity index (χ2v) is 8.87. The molecule has 0 atom stereocenters. The van der Waals surface area contributed by atoms with Crippen LogP contribution in [0.1, 0.15) is 24.6 Å². The van der Waals surface area contributed by atoms with Gasteiger partial charge in [-0.15, -0.1) is 0 Å². The Hall–Kier alpha value is -2.66. The minimum Gasteiger partial charge on any atom is -0.486 e. The largest absolute Gasteiger partial charge is 0.486 e. The first-order valence-corrected chi connectivity index (χ1v) is 10.8. The maximum absolute atomic E-state index is 13.0. The summed E-state index contributed by atoms with van der Waals surface area (Å²) in [5.74, 6) is 1.43. The first-order valence-electron chi connectivity index (χ1n) is 9.40. The fourth-order valence-electron chi connectivity index (χ4n) is 3.41. The summed E-state index contributed by atoms with van der Waals surface area (Å²) < 4.78 is 43.2. The van der Waals surface area contributed by atoms with Crippen molar-refractivity contribution in [1.29, 1.82) is 0 Å². The normalized spacial score (nSPS) is 17.8. The third-order valence-corrected chi connectivity index (χ3v) is 6.85. The first kappa shape index (κ1) is 19.6. The molecule has 3 heterocycles. The molecule has 0 aliphatic carbocycles. The van der Waals surface area contributed by atoms with Gasteiger partial charge in [0.15, 0.2) is 17.3 Å². The lowest BCUT2D eigenvalue weighted by Crippen LogP contribution is -2.42. The van der Waals surface area contributed by atoms with Crippen LogP contribution >= 0.6 is 0 Å². The van der Waals surface area contributed by atoms with Gasteiger partial charge in [-0.3, -0.25) is 4.79 Å². The number of nitrogens with one attached hydrogen (secondary N) is 1. The van der Waals surface area contributed by atoms with Gasteiger partial charge in [0, 0.05) is 25.1 Å². The van der Waals surface area contributed by atoms with Crippen LogP contribution in [-0.2, 0) is 21.4 Å². The maximum atomic E-state index is 13.0. The predicted molar refractivity (Wildman–Crippen MR) is 99.8 cm³/mol. The molecule has 1 fully saturated rings. The van der Waals surface area contributed by atoms with Crippen molar-refractivity contribution in [3.05, 3.63) is 29.9 Å². The SMILES string of the molecule is Cc1noc(CNC(=O)C2CCN(S(=O)(=O)c3ccc4c(c3)OCCO4)CC2)n1. The average molecular weight is 422 g/mol. The number of hydrogen-bond acceptors (Lipinski definition) is 8. The van der Waals surface area contributed by atoms with Crippen molar-refractivity contribution in [2.75, 3.05) is 26.3 Å². The van der Waals surface area contributed by atoms with E-state index in [9.17, 15) is 13.2 Å². The van der Waals surface area contributed by atoms with Crippen molar-refractivity contribution < 1.29 is 27.2 Å². The van der Waals surface area contributed by atoms with E-state index in [-0.39, 0.29) is 36.4 Å². The molecule has 156 valence electrons. The molecule has 1 aromatic heterocycles. The van der Waals surface area contributed by atoms with Crippen LogP contribution in [0, 0.1) is 12.8 Å². The number of hydrogen-bond donors (Lipinski definition) is 1. The summed E-state index contributed by atoms with van der Waals surface area (Å²) in [6.07, 6.45) is 0.886. The van der Waals surface area contributed by atoms with E-state index < -0.39 is 10.0 Å². The molecule has 0 bridgehead atoms. The van der Waals surface area contributed by atoms with Crippen LogP contribution in [0.15, 0.2) is 27.6 Å². The number of aromatic nitrogens is 2. The van der Waals surface area contributed by atoms with Gasteiger partial charge in [0.05, 0.1) is 11.4 Å². The van der Waals surface area contributed by atoms with E-state index >= 15 is 0 Å². The van der Waals surface area contributed by atoms with Gasteiger partial charge in [0.25, 0.3) is 0 Å². The Kier molecular flexibility index (Phi) is 5.41. The topological polar surface area (TPSA) is 124 Å². The van der Waals surface area contributed by atoms with E-state index in [1.807, 2.05) is 0 Å². The second kappa shape index (κ2) is 7.99. The van der Waals surface area contributed by atoms with E-state index in [4.69, 9.17) is 14.0 Å². The lowest BCUT2D eigenvalue weighted by Gasteiger charge is -2.30. The standard InChI is InChI=1S/C18H22N4O6S/c1-12-20-17(28-21-12)11-19-18(23)13-4-6-22(7-5-13)29(24,25)14-2-3-15-16(10-14)27-9-8-26-15/h2-3,10,13H,4-9,11H2,1H3,(H,19,23). The number of aryl methyl sites for hydroxylation is 1. The van der Waals surface area contributed by atoms with Crippen molar-refractivity contribution in [2.45, 2.75) is 31.2 Å². The zero-order chi connectivity index (χ0) is 20.4. The van der Waals surface area contributed by atoms with Crippen molar-refractivity contribution in [3.8, 4) is 11.5 Å². The van der Waals surface area contributed by atoms with Crippen LogP contribution in [-0.4, -0.2) is 55.1 Å². The highest BCUT2D eigenvalue weighted by atomic mass is 32.2. The van der Waals surface area contributed by atoms with Crippen LogP contribution in [0.25, 0.3) is 0 Å². The van der Waals surface area contributed by atoms with E-state index in [1.165, 1.54) is 16.4 Å². The lowest BCUT2D eigenvalue weighted by molar-refractivity contribution is -0.126. The molecule has 1 aromatic carbocycles. The zero-order valence-electron chi connectivity index (χ0n) is 16.0. The number of piperidine rings is 1. The van der Waals surface area contributed by atoms with Gasteiger partial charge in [0.1, 0.15) is 13.2 Å². The molecular weight excluding hydrogens is 400 g/mol. The number of carbonyl (C=O) groups is 1. The number of ether oxygens (including phenoxy) is 2. The van der Waals surface area contributed by atoms with Gasteiger partial charge < -0.3 is 19.3 Å². The summed E-state index contributed by atoms with van der Waals surface area (Å²) in [7, 11) is -3.66. The molecular formula is C18H22N4O6S. The number of carbonyl (C=O) groups excluding carboxylic acids is 1. The molecule has 0 unspecified atom stereocenters. The predicted octanol–water partition coefficient (Wildman–Crippen LogP) is 0.866. The molecule has 1 N–H and O–H groups in total. The number of fused-ring (bicyclic) bond motifs is 1. The molecule has 0 spiro atoms. The molecule has 29 heavy (non-hydrogen) atoms. The Labute approximate surface area is 168 Å². The van der Waals surface area contributed by atoms with Gasteiger partial charge in [-0.25, -0.2) is 8.42 Å². The van der Waals surface area contributed by atoms with Gasteiger partial charge in [-0.2, -0.15) is 9.29 Å². The van der Waals surface area contributed by atoms with Crippen LogP contribution in [0.5, 0.6) is 11.5 Å². The summed E-state index contributed by atoms with van der Waals surface area (Å²) in [4.78, 5) is 16.6. The van der Waals surface area contributed by atoms with E-state index in [0.717, 1.165) is 0 Å². The summed E-state index contributed by atoms with van der Waals surface area (Å²) in [6.45, 7) is 3.24. The van der Waals surface area contributed by atoms with Crippen molar-refractivity contribution in [3.63, 3.8) is 0 Å². The van der Waals surface area contributed by atoms with Crippen molar-refractivity contribution in [1.82, 2.24) is 19.8 Å². The molecule has 1 amide bonds. The second-order valence-electron chi connectivity index (χ2n) is 6.94. The third-order valence-electron chi connectivity index (χ3n) is 4.96.